The van der Waals surface area contributed by atoms with E-state index in [0.717, 1.165) is 17.7 Å². The summed E-state index contributed by atoms with van der Waals surface area (Å²) in [7, 11) is 0. The van der Waals surface area contributed by atoms with Gasteiger partial charge in [-0.3, -0.25) is 0 Å². The zero-order valence-electron chi connectivity index (χ0n) is 18.5. The first-order valence-electron chi connectivity index (χ1n) is 10.6. The Morgan fingerprint density at radius 2 is 1.63 bits per heavy atom. The molecule has 0 bridgehead atoms. The van der Waals surface area contributed by atoms with Gasteiger partial charge in [-0.2, -0.15) is 18.3 Å². The van der Waals surface area contributed by atoms with Crippen molar-refractivity contribution < 1.29 is 18.0 Å². The first-order valence-corrected chi connectivity index (χ1v) is 11.0. The lowest BCUT2D eigenvalue weighted by molar-refractivity contribution is -0.137. The van der Waals surface area contributed by atoms with Crippen molar-refractivity contribution in [2.75, 3.05) is 11.1 Å². The Bertz CT molecular complexity index is 1320. The van der Waals surface area contributed by atoms with Crippen LogP contribution in [0.2, 0.25) is 5.02 Å². The summed E-state index contributed by atoms with van der Waals surface area (Å²) < 4.78 is 40.2. The molecule has 1 aromatic heterocycles. The van der Waals surface area contributed by atoms with Crippen LogP contribution in [0.25, 0.3) is 16.9 Å². The molecule has 1 heterocycles. The minimum absolute atomic E-state index is 0.0530. The van der Waals surface area contributed by atoms with Gasteiger partial charge in [0.25, 0.3) is 0 Å². The number of amides is 2. The highest BCUT2D eigenvalue weighted by atomic mass is 35.5. The Labute approximate surface area is 204 Å². The maximum Gasteiger partial charge on any atom is 0.416 e. The maximum atomic E-state index is 13.0. The topological polar surface area (TPSA) is 85.0 Å². The molecule has 0 aliphatic carbocycles. The van der Waals surface area contributed by atoms with Crippen molar-refractivity contribution >= 4 is 29.1 Å². The average molecular weight is 500 g/mol. The van der Waals surface area contributed by atoms with E-state index in [1.54, 1.807) is 24.3 Å². The molecule has 0 aliphatic rings. The summed E-state index contributed by atoms with van der Waals surface area (Å²) in [6.07, 6.45) is -4.47. The zero-order chi connectivity index (χ0) is 25.2. The smallest absolute Gasteiger partial charge is 0.382 e. The fourth-order valence-corrected chi connectivity index (χ4v) is 3.65. The molecule has 4 aromatic rings. The van der Waals surface area contributed by atoms with Gasteiger partial charge < -0.3 is 16.4 Å². The predicted molar refractivity (Wildman–Crippen MR) is 130 cm³/mol. The van der Waals surface area contributed by atoms with Gasteiger partial charge in [0.2, 0.25) is 0 Å². The summed E-state index contributed by atoms with van der Waals surface area (Å²) >= 11 is 6.00. The lowest BCUT2D eigenvalue weighted by atomic mass is 10.1. The van der Waals surface area contributed by atoms with Crippen molar-refractivity contribution in [1.29, 1.82) is 0 Å². The lowest BCUT2D eigenvalue weighted by Crippen LogP contribution is -2.31. The molecule has 1 unspecified atom stereocenters. The SMILES string of the molecule is CC(NC(=O)Nc1c(-c2ccc(Cl)cc2)nn(-c2ccc(C(F)(F)F)cc2)c1N)c1ccccc1. The highest BCUT2D eigenvalue weighted by molar-refractivity contribution is 6.30. The van der Waals surface area contributed by atoms with Gasteiger partial charge >= 0.3 is 12.2 Å². The van der Waals surface area contributed by atoms with E-state index in [4.69, 9.17) is 17.3 Å². The number of nitrogens with one attached hydrogen (secondary N) is 2. The second kappa shape index (κ2) is 9.71. The number of nitrogen functional groups attached to an aromatic ring is 1. The number of nitrogens with zero attached hydrogens (tertiary/aromatic N) is 2. The molecular weight excluding hydrogens is 479 g/mol. The molecule has 3 aromatic carbocycles. The van der Waals surface area contributed by atoms with E-state index in [1.165, 1.54) is 16.8 Å². The Hall–Kier alpha value is -3.98. The first-order chi connectivity index (χ1) is 16.6. The van der Waals surface area contributed by atoms with Gasteiger partial charge in [0.1, 0.15) is 11.4 Å². The van der Waals surface area contributed by atoms with Crippen molar-refractivity contribution in [2.45, 2.75) is 19.1 Å². The number of alkyl halides is 3. The van der Waals surface area contributed by atoms with Crippen molar-refractivity contribution in [3.8, 4) is 16.9 Å². The first kappa shape index (κ1) is 24.2. The molecule has 0 saturated carbocycles. The van der Waals surface area contributed by atoms with E-state index in [2.05, 4.69) is 15.7 Å². The average Bonchev–Trinajstić information content (AvgIpc) is 3.15. The fraction of sp³-hybridized carbons (Fsp3) is 0.120. The van der Waals surface area contributed by atoms with Crippen LogP contribution in [0.3, 0.4) is 0 Å². The molecule has 0 fully saturated rings. The Balaban J connectivity index is 1.69. The standard InChI is InChI=1S/C25H21ClF3N5O/c1-15(16-5-3-2-4-6-16)31-24(35)32-22-21(17-7-11-19(26)12-8-17)33-34(23(22)30)20-13-9-18(10-14-20)25(27,28)29/h2-15H,30H2,1H3,(H2,31,32,35). The van der Waals surface area contributed by atoms with Crippen LogP contribution in [0.5, 0.6) is 0 Å². The number of urea groups is 1. The number of nitrogens with two attached hydrogens (primary N) is 1. The van der Waals surface area contributed by atoms with E-state index in [0.29, 0.717) is 22.0 Å². The summed E-state index contributed by atoms with van der Waals surface area (Å²) in [5.74, 6) is 0.0530. The van der Waals surface area contributed by atoms with Crippen LogP contribution in [0.15, 0.2) is 78.9 Å². The van der Waals surface area contributed by atoms with Gasteiger partial charge in [-0.15, -0.1) is 0 Å². The number of halogens is 4. The largest absolute Gasteiger partial charge is 0.416 e. The number of carbonyl (C=O) groups is 1. The quantitative estimate of drug-likeness (QED) is 0.286. The van der Waals surface area contributed by atoms with E-state index < -0.39 is 17.8 Å². The maximum absolute atomic E-state index is 13.0. The highest BCUT2D eigenvalue weighted by Crippen LogP contribution is 2.36. The molecule has 0 spiro atoms. The molecule has 4 rings (SSSR count). The van der Waals surface area contributed by atoms with Crippen molar-refractivity contribution in [2.24, 2.45) is 0 Å². The van der Waals surface area contributed by atoms with E-state index in [-0.39, 0.29) is 17.5 Å². The minimum atomic E-state index is -4.47. The Morgan fingerprint density at radius 1 is 1.00 bits per heavy atom. The van der Waals surface area contributed by atoms with E-state index >= 15 is 0 Å². The van der Waals surface area contributed by atoms with E-state index in [9.17, 15) is 18.0 Å². The van der Waals surface area contributed by atoms with Crippen LogP contribution in [0.4, 0.5) is 29.5 Å². The predicted octanol–water partition coefficient (Wildman–Crippen LogP) is 6.68. The van der Waals surface area contributed by atoms with Crippen molar-refractivity contribution in [3.05, 3.63) is 95.0 Å². The number of hydrogen-bond acceptors (Lipinski definition) is 3. The van der Waals surface area contributed by atoms with Crippen LogP contribution in [-0.2, 0) is 6.18 Å². The molecule has 4 N–H and O–H groups in total. The molecule has 1 atom stereocenters. The van der Waals surface area contributed by atoms with Crippen LogP contribution in [-0.4, -0.2) is 15.8 Å². The van der Waals surface area contributed by atoms with Crippen LogP contribution in [0, 0.1) is 0 Å². The van der Waals surface area contributed by atoms with Gasteiger partial charge in [-0.1, -0.05) is 54.1 Å². The fourth-order valence-electron chi connectivity index (χ4n) is 3.52. The Kier molecular flexibility index (Phi) is 6.70. The summed E-state index contributed by atoms with van der Waals surface area (Å²) in [5.41, 5.74) is 7.90. The Morgan fingerprint density at radius 3 is 2.23 bits per heavy atom. The van der Waals surface area contributed by atoms with E-state index in [1.807, 2.05) is 37.3 Å². The van der Waals surface area contributed by atoms with Crippen LogP contribution < -0.4 is 16.4 Å². The summed E-state index contributed by atoms with van der Waals surface area (Å²) in [6.45, 7) is 1.84. The molecule has 0 aliphatic heterocycles. The normalized spacial score (nSPS) is 12.3. The van der Waals surface area contributed by atoms with Gasteiger partial charge in [-0.25, -0.2) is 9.48 Å². The summed E-state index contributed by atoms with van der Waals surface area (Å²) in [6, 6.07) is 19.7. The molecule has 2 amide bonds. The van der Waals surface area contributed by atoms with Crippen LogP contribution >= 0.6 is 11.6 Å². The molecule has 0 saturated heterocycles. The molecule has 35 heavy (non-hydrogen) atoms. The zero-order valence-corrected chi connectivity index (χ0v) is 19.2. The van der Waals surface area contributed by atoms with Gasteiger partial charge in [0.15, 0.2) is 5.82 Å². The summed E-state index contributed by atoms with van der Waals surface area (Å²) in [4.78, 5) is 12.8. The number of rotatable bonds is 5. The third-order valence-electron chi connectivity index (χ3n) is 5.36. The number of benzene rings is 3. The van der Waals surface area contributed by atoms with Gasteiger partial charge in [0, 0.05) is 10.6 Å². The summed E-state index contributed by atoms with van der Waals surface area (Å²) in [5, 5.41) is 10.6. The molecular formula is C25H21ClF3N5O. The third kappa shape index (κ3) is 5.41. The number of carbonyl (C=O) groups excluding carboxylic acids is 1. The number of aromatic nitrogens is 2. The minimum Gasteiger partial charge on any atom is -0.382 e. The number of hydrogen-bond donors (Lipinski definition) is 3. The van der Waals surface area contributed by atoms with Crippen LogP contribution in [0.1, 0.15) is 24.1 Å². The second-order valence-corrected chi connectivity index (χ2v) is 8.24. The van der Waals surface area contributed by atoms with Gasteiger partial charge in [-0.05, 0) is 48.9 Å². The highest BCUT2D eigenvalue weighted by Gasteiger charge is 2.30. The third-order valence-corrected chi connectivity index (χ3v) is 5.62. The molecule has 180 valence electrons. The lowest BCUT2D eigenvalue weighted by Gasteiger charge is -2.15. The second-order valence-electron chi connectivity index (χ2n) is 7.80. The van der Waals surface area contributed by atoms with Crippen molar-refractivity contribution in [1.82, 2.24) is 15.1 Å². The van der Waals surface area contributed by atoms with Gasteiger partial charge in [0.05, 0.1) is 17.3 Å². The molecule has 6 nitrogen and oxygen atoms in total. The number of anilines is 2. The monoisotopic (exact) mass is 499 g/mol. The molecule has 10 heteroatoms. The molecule has 0 radical (unpaired) electrons. The van der Waals surface area contributed by atoms with Crippen molar-refractivity contribution in [3.63, 3.8) is 0 Å².